The molecule has 0 saturated carbocycles. The molecule has 0 bridgehead atoms. The summed E-state index contributed by atoms with van der Waals surface area (Å²) in [7, 11) is 0. The smallest absolute Gasteiger partial charge is 0.234 e. The van der Waals surface area contributed by atoms with E-state index < -0.39 is 5.95 Å². The summed E-state index contributed by atoms with van der Waals surface area (Å²) in [5.41, 5.74) is 2.23. The highest BCUT2D eigenvalue weighted by atomic mass is 32.2. The summed E-state index contributed by atoms with van der Waals surface area (Å²) < 4.78 is 12.8. The second kappa shape index (κ2) is 7.15. The van der Waals surface area contributed by atoms with Crippen LogP contribution >= 0.6 is 11.8 Å². The summed E-state index contributed by atoms with van der Waals surface area (Å²) >= 11 is 1.34. The highest BCUT2D eigenvalue weighted by Gasteiger charge is 2.16. The van der Waals surface area contributed by atoms with Crippen LogP contribution in [0.15, 0.2) is 58.9 Å². The van der Waals surface area contributed by atoms with Gasteiger partial charge in [0.15, 0.2) is 0 Å². The number of hydrogen-bond donors (Lipinski definition) is 1. The Morgan fingerprint density at radius 2 is 2.00 bits per heavy atom. The minimum Gasteiger partial charge on any atom is -0.325 e. The van der Waals surface area contributed by atoms with Crippen LogP contribution in [-0.2, 0) is 4.79 Å². The number of benzene rings is 1. The van der Waals surface area contributed by atoms with Gasteiger partial charge in [0.05, 0.1) is 11.5 Å². The van der Waals surface area contributed by atoms with E-state index in [0.717, 1.165) is 22.0 Å². The number of carbonyl (C=O) groups is 1. The number of nitrogens with zero attached hydrogens (tertiary/aromatic N) is 3. The number of carbonyl (C=O) groups excluding carboxylic acids is 1. The molecule has 1 aliphatic rings. The van der Waals surface area contributed by atoms with E-state index in [0.29, 0.717) is 6.42 Å². The lowest BCUT2D eigenvalue weighted by Gasteiger charge is -2.04. The molecule has 0 aliphatic carbocycles. The third kappa shape index (κ3) is 4.23. The first kappa shape index (κ1) is 15.4. The molecule has 1 aromatic carbocycles. The van der Waals surface area contributed by atoms with Crippen LogP contribution < -0.4 is 5.32 Å². The first-order valence-corrected chi connectivity index (χ1v) is 7.92. The Hall–Kier alpha value is -2.54. The number of para-hydroxylation sites is 1. The second-order valence-electron chi connectivity index (χ2n) is 4.79. The Labute approximate surface area is 136 Å². The molecule has 5 nitrogen and oxygen atoms in total. The summed E-state index contributed by atoms with van der Waals surface area (Å²) in [6.45, 7) is 0. The zero-order valence-electron chi connectivity index (χ0n) is 12.1. The molecular weight excluding hydrogens is 315 g/mol. The molecule has 7 heteroatoms. The standard InChI is InChI=1S/C16H13FN4OS/c17-14-7-6-11(9-18-14)13-8-16(21-20-13)23-10-15(22)19-12-4-2-1-3-5-12/h1-7,9H,8,10H2,(H,19,22). The van der Waals surface area contributed by atoms with E-state index in [-0.39, 0.29) is 11.7 Å². The van der Waals surface area contributed by atoms with Crippen LogP contribution in [0.4, 0.5) is 10.1 Å². The Balaban J connectivity index is 1.47. The van der Waals surface area contributed by atoms with Crippen molar-refractivity contribution in [2.75, 3.05) is 11.1 Å². The van der Waals surface area contributed by atoms with Gasteiger partial charge >= 0.3 is 0 Å². The number of hydrogen-bond acceptors (Lipinski definition) is 5. The van der Waals surface area contributed by atoms with Crippen LogP contribution in [-0.4, -0.2) is 27.4 Å². The highest BCUT2D eigenvalue weighted by molar-refractivity contribution is 8.14. The van der Waals surface area contributed by atoms with Crippen molar-refractivity contribution in [2.45, 2.75) is 6.42 Å². The van der Waals surface area contributed by atoms with Gasteiger partial charge in [-0.05, 0) is 24.3 Å². The minimum atomic E-state index is -0.527. The molecule has 3 rings (SSSR count). The zero-order valence-corrected chi connectivity index (χ0v) is 12.9. The van der Waals surface area contributed by atoms with Crippen molar-refractivity contribution in [2.24, 2.45) is 10.2 Å². The SMILES string of the molecule is O=C(CSC1=NN=C(c2ccc(F)nc2)C1)Nc1ccccc1. The molecule has 0 atom stereocenters. The molecule has 1 amide bonds. The number of aromatic nitrogens is 1. The maximum Gasteiger partial charge on any atom is 0.234 e. The lowest BCUT2D eigenvalue weighted by molar-refractivity contribution is -0.113. The number of rotatable bonds is 4. The molecule has 0 saturated heterocycles. The van der Waals surface area contributed by atoms with E-state index in [1.807, 2.05) is 30.3 Å². The molecule has 0 spiro atoms. The van der Waals surface area contributed by atoms with Crippen molar-refractivity contribution in [1.82, 2.24) is 4.98 Å². The first-order chi connectivity index (χ1) is 11.2. The van der Waals surface area contributed by atoms with Gasteiger partial charge in [-0.3, -0.25) is 4.79 Å². The Morgan fingerprint density at radius 1 is 1.17 bits per heavy atom. The number of amides is 1. The Morgan fingerprint density at radius 3 is 2.74 bits per heavy atom. The average molecular weight is 328 g/mol. The van der Waals surface area contributed by atoms with Crippen molar-refractivity contribution in [3.63, 3.8) is 0 Å². The van der Waals surface area contributed by atoms with Crippen molar-refractivity contribution in [3.8, 4) is 0 Å². The van der Waals surface area contributed by atoms with Crippen LogP contribution in [0.3, 0.4) is 0 Å². The maximum absolute atomic E-state index is 12.8. The maximum atomic E-state index is 12.8. The zero-order chi connectivity index (χ0) is 16.1. The lowest BCUT2D eigenvalue weighted by Crippen LogP contribution is -2.15. The van der Waals surface area contributed by atoms with Gasteiger partial charge in [0, 0.05) is 23.9 Å². The van der Waals surface area contributed by atoms with Crippen molar-refractivity contribution < 1.29 is 9.18 Å². The van der Waals surface area contributed by atoms with Crippen molar-refractivity contribution in [3.05, 3.63) is 60.2 Å². The van der Waals surface area contributed by atoms with Gasteiger partial charge in [-0.1, -0.05) is 30.0 Å². The molecule has 23 heavy (non-hydrogen) atoms. The van der Waals surface area contributed by atoms with Gasteiger partial charge < -0.3 is 5.32 Å². The van der Waals surface area contributed by atoms with E-state index >= 15 is 0 Å². The number of pyridine rings is 1. The number of halogens is 1. The average Bonchev–Trinajstić information content (AvgIpc) is 3.04. The van der Waals surface area contributed by atoms with Crippen molar-refractivity contribution >= 4 is 34.1 Å². The second-order valence-corrected chi connectivity index (χ2v) is 5.84. The van der Waals surface area contributed by atoms with Gasteiger partial charge in [-0.15, -0.1) is 5.10 Å². The van der Waals surface area contributed by atoms with E-state index in [9.17, 15) is 9.18 Å². The quantitative estimate of drug-likeness (QED) is 0.877. The summed E-state index contributed by atoms with van der Waals surface area (Å²) in [4.78, 5) is 15.5. The number of anilines is 1. The summed E-state index contributed by atoms with van der Waals surface area (Å²) in [5.74, 6) is -0.362. The fraction of sp³-hybridized carbons (Fsp3) is 0.125. The fourth-order valence-corrected chi connectivity index (χ4v) is 2.69. The van der Waals surface area contributed by atoms with Gasteiger partial charge in [0.25, 0.3) is 0 Å². The molecule has 1 aromatic heterocycles. The third-order valence-corrected chi connectivity index (χ3v) is 4.05. The van der Waals surface area contributed by atoms with E-state index in [4.69, 9.17) is 0 Å². The Bertz CT molecular complexity index is 759. The topological polar surface area (TPSA) is 66.7 Å². The Kier molecular flexibility index (Phi) is 4.77. The van der Waals surface area contributed by atoms with E-state index in [1.165, 1.54) is 24.0 Å². The molecule has 1 aliphatic heterocycles. The number of thioether (sulfide) groups is 1. The van der Waals surface area contributed by atoms with Crippen LogP contribution in [0, 0.1) is 5.95 Å². The first-order valence-electron chi connectivity index (χ1n) is 6.94. The molecular formula is C16H13FN4OS. The largest absolute Gasteiger partial charge is 0.325 e. The highest BCUT2D eigenvalue weighted by Crippen LogP contribution is 2.19. The molecule has 0 radical (unpaired) electrons. The van der Waals surface area contributed by atoms with Gasteiger partial charge in [0.1, 0.15) is 5.04 Å². The lowest BCUT2D eigenvalue weighted by atomic mass is 10.1. The van der Waals surface area contributed by atoms with Gasteiger partial charge in [-0.2, -0.15) is 9.49 Å². The molecule has 116 valence electrons. The van der Waals surface area contributed by atoms with Crippen LogP contribution in [0.5, 0.6) is 0 Å². The minimum absolute atomic E-state index is 0.0965. The monoisotopic (exact) mass is 328 g/mol. The third-order valence-electron chi connectivity index (χ3n) is 3.09. The molecule has 2 heterocycles. The van der Waals surface area contributed by atoms with Crippen LogP contribution in [0.1, 0.15) is 12.0 Å². The molecule has 1 N–H and O–H groups in total. The van der Waals surface area contributed by atoms with Crippen LogP contribution in [0.2, 0.25) is 0 Å². The molecule has 0 fully saturated rings. The van der Waals surface area contributed by atoms with E-state index in [1.54, 1.807) is 6.07 Å². The molecule has 2 aromatic rings. The normalized spacial score (nSPS) is 13.4. The summed E-state index contributed by atoms with van der Waals surface area (Å²) in [6.07, 6.45) is 1.95. The van der Waals surface area contributed by atoms with Crippen molar-refractivity contribution in [1.29, 1.82) is 0 Å². The fourth-order valence-electron chi connectivity index (χ4n) is 1.98. The summed E-state index contributed by atoms with van der Waals surface area (Å²) in [5, 5.41) is 11.7. The van der Waals surface area contributed by atoms with Gasteiger partial charge in [0.2, 0.25) is 11.9 Å². The van der Waals surface area contributed by atoms with E-state index in [2.05, 4.69) is 20.5 Å². The number of nitrogens with one attached hydrogen (secondary N) is 1. The predicted molar refractivity (Wildman–Crippen MR) is 90.3 cm³/mol. The predicted octanol–water partition coefficient (Wildman–Crippen LogP) is 3.10. The van der Waals surface area contributed by atoms with Crippen LogP contribution in [0.25, 0.3) is 0 Å². The summed E-state index contributed by atoms with van der Waals surface area (Å²) in [6, 6.07) is 12.2. The molecule has 0 unspecified atom stereocenters. The van der Waals surface area contributed by atoms with Gasteiger partial charge in [-0.25, -0.2) is 4.98 Å².